The molecule has 158 valence electrons. The van der Waals surface area contributed by atoms with Crippen molar-refractivity contribution in [1.82, 2.24) is 14.9 Å². The molecule has 1 fully saturated rings. The number of allylic oxidation sites excluding steroid dienone is 1. The van der Waals surface area contributed by atoms with E-state index >= 15 is 0 Å². The van der Waals surface area contributed by atoms with E-state index in [0.717, 1.165) is 40.8 Å². The second-order valence-corrected chi connectivity index (χ2v) is 9.20. The third-order valence-corrected chi connectivity index (χ3v) is 6.61. The summed E-state index contributed by atoms with van der Waals surface area (Å²) < 4.78 is 0. The van der Waals surface area contributed by atoms with E-state index < -0.39 is 6.10 Å². The molecular weight excluding hydrogens is 394 g/mol. The number of H-pyrrole nitrogens is 1. The van der Waals surface area contributed by atoms with Crippen molar-refractivity contribution in [2.75, 3.05) is 6.54 Å². The Morgan fingerprint density at radius 1 is 1.37 bits per heavy atom. The van der Waals surface area contributed by atoms with Crippen LogP contribution in [0.4, 0.5) is 0 Å². The third-order valence-electron chi connectivity index (χ3n) is 5.74. The number of nitrogens with zero attached hydrogens (tertiary/aromatic N) is 2. The summed E-state index contributed by atoms with van der Waals surface area (Å²) in [5.41, 5.74) is 4.28. The molecule has 0 saturated heterocycles. The lowest BCUT2D eigenvalue weighted by Crippen LogP contribution is -2.35. The molecule has 0 spiro atoms. The molecule has 1 saturated carbocycles. The van der Waals surface area contributed by atoms with Gasteiger partial charge in [-0.3, -0.25) is 9.69 Å². The number of thiophene rings is 1. The average Bonchev–Trinajstić information content (AvgIpc) is 3.47. The summed E-state index contributed by atoms with van der Waals surface area (Å²) in [7, 11) is 0. The first kappa shape index (κ1) is 21.0. The summed E-state index contributed by atoms with van der Waals surface area (Å²) in [5.74, 6) is 0.671. The van der Waals surface area contributed by atoms with Gasteiger partial charge >= 0.3 is 0 Å². The summed E-state index contributed by atoms with van der Waals surface area (Å²) in [6.45, 7) is 9.01. The zero-order valence-electron chi connectivity index (χ0n) is 17.6. The number of aliphatic hydroxyl groups excluding tert-OH is 1. The predicted molar refractivity (Wildman–Crippen MR) is 124 cm³/mol. The topological polar surface area (TPSA) is 69.2 Å². The van der Waals surface area contributed by atoms with Crippen LogP contribution in [0.3, 0.4) is 0 Å². The molecule has 30 heavy (non-hydrogen) atoms. The minimum absolute atomic E-state index is 0.0879. The fourth-order valence-electron chi connectivity index (χ4n) is 3.94. The summed E-state index contributed by atoms with van der Waals surface area (Å²) in [4.78, 5) is 23.8. The average molecular weight is 424 g/mol. The molecule has 1 atom stereocenters. The number of rotatable bonds is 9. The number of benzene rings is 1. The van der Waals surface area contributed by atoms with E-state index in [1.165, 1.54) is 16.9 Å². The Labute approximate surface area is 181 Å². The second-order valence-electron chi connectivity index (χ2n) is 8.34. The van der Waals surface area contributed by atoms with E-state index in [4.69, 9.17) is 4.98 Å². The van der Waals surface area contributed by atoms with Gasteiger partial charge in [-0.05, 0) is 50.7 Å². The van der Waals surface area contributed by atoms with Crippen LogP contribution < -0.4 is 5.56 Å². The van der Waals surface area contributed by atoms with Crippen LogP contribution in [0.25, 0.3) is 21.3 Å². The molecule has 1 aliphatic carbocycles. The van der Waals surface area contributed by atoms with Gasteiger partial charge in [0.05, 0.1) is 18.0 Å². The van der Waals surface area contributed by atoms with Gasteiger partial charge in [-0.2, -0.15) is 0 Å². The van der Waals surface area contributed by atoms with E-state index in [0.29, 0.717) is 36.8 Å². The number of hydrogen-bond acceptors (Lipinski definition) is 5. The lowest BCUT2D eigenvalue weighted by Gasteiger charge is -2.24. The van der Waals surface area contributed by atoms with E-state index in [2.05, 4.69) is 48.5 Å². The molecule has 4 rings (SSSR count). The highest BCUT2D eigenvalue weighted by atomic mass is 32.1. The smallest absolute Gasteiger partial charge is 0.260 e. The molecule has 6 heteroatoms. The van der Waals surface area contributed by atoms with E-state index in [-0.39, 0.29) is 5.56 Å². The van der Waals surface area contributed by atoms with E-state index in [9.17, 15) is 9.90 Å². The summed E-state index contributed by atoms with van der Waals surface area (Å²) >= 11 is 1.52. The van der Waals surface area contributed by atoms with Crippen LogP contribution in [-0.2, 0) is 6.54 Å². The monoisotopic (exact) mass is 423 g/mol. The van der Waals surface area contributed by atoms with Crippen LogP contribution in [0.1, 0.15) is 42.6 Å². The zero-order valence-corrected chi connectivity index (χ0v) is 18.5. The van der Waals surface area contributed by atoms with Crippen molar-refractivity contribution in [2.24, 2.45) is 0 Å². The van der Waals surface area contributed by atoms with Gasteiger partial charge in [0.15, 0.2) is 0 Å². The molecule has 1 aromatic carbocycles. The number of aromatic nitrogens is 2. The van der Waals surface area contributed by atoms with E-state index in [1.54, 1.807) is 0 Å². The Bertz CT molecular complexity index is 1110. The SMILES string of the molecule is C=CCCC(O)CN(Cc1nc2scc(-c3cc(C)ccc3C)c2c(=O)[nH]1)C1CC1. The standard InChI is InChI=1S/C24H29N3O2S/c1-4-5-6-18(28)12-27(17-9-10-17)13-21-25-23(29)22-20(14-30-24(22)26-21)19-11-15(2)7-8-16(19)3/h4,7-8,11,14,17-18,28H,1,5-6,9-10,12-13H2,2-3H3,(H,25,26,29). The molecule has 0 aliphatic heterocycles. The molecule has 1 aliphatic rings. The molecule has 2 heterocycles. The fraction of sp³-hybridized carbons (Fsp3) is 0.417. The highest BCUT2D eigenvalue weighted by Crippen LogP contribution is 2.34. The van der Waals surface area contributed by atoms with Crippen molar-refractivity contribution in [3.8, 4) is 11.1 Å². The Balaban J connectivity index is 1.61. The maximum absolute atomic E-state index is 13.0. The summed E-state index contributed by atoms with van der Waals surface area (Å²) in [6.07, 6.45) is 5.22. The van der Waals surface area contributed by atoms with Crippen molar-refractivity contribution < 1.29 is 5.11 Å². The highest BCUT2D eigenvalue weighted by molar-refractivity contribution is 7.17. The molecule has 2 aromatic heterocycles. The minimum Gasteiger partial charge on any atom is -0.392 e. The normalized spacial score (nSPS) is 15.1. The number of aromatic amines is 1. The zero-order chi connectivity index (χ0) is 21.3. The van der Waals surface area contributed by atoms with Gasteiger partial charge in [-0.1, -0.05) is 29.8 Å². The fourth-order valence-corrected chi connectivity index (χ4v) is 4.90. The molecule has 2 N–H and O–H groups in total. The van der Waals surface area contributed by atoms with Gasteiger partial charge < -0.3 is 10.1 Å². The summed E-state index contributed by atoms with van der Waals surface area (Å²) in [6, 6.07) is 6.78. The van der Waals surface area contributed by atoms with Crippen molar-refractivity contribution in [3.05, 3.63) is 63.5 Å². The Morgan fingerprint density at radius 3 is 2.90 bits per heavy atom. The second kappa shape index (κ2) is 8.84. The maximum atomic E-state index is 13.0. The summed E-state index contributed by atoms with van der Waals surface area (Å²) in [5, 5.41) is 13.0. The first-order valence-electron chi connectivity index (χ1n) is 10.6. The highest BCUT2D eigenvalue weighted by Gasteiger charge is 2.31. The maximum Gasteiger partial charge on any atom is 0.260 e. The van der Waals surface area contributed by atoms with Crippen molar-refractivity contribution in [3.63, 3.8) is 0 Å². The van der Waals surface area contributed by atoms with Crippen LogP contribution in [0.2, 0.25) is 0 Å². The Hall–Kier alpha value is -2.28. The largest absolute Gasteiger partial charge is 0.392 e. The lowest BCUT2D eigenvalue weighted by atomic mass is 9.99. The lowest BCUT2D eigenvalue weighted by molar-refractivity contribution is 0.0966. The van der Waals surface area contributed by atoms with Crippen molar-refractivity contribution >= 4 is 21.6 Å². The molecule has 0 radical (unpaired) electrons. The molecule has 0 amide bonds. The van der Waals surface area contributed by atoms with Crippen molar-refractivity contribution in [1.29, 1.82) is 0 Å². The quantitative estimate of drug-likeness (QED) is 0.495. The van der Waals surface area contributed by atoms with Crippen LogP contribution in [-0.4, -0.2) is 38.7 Å². The van der Waals surface area contributed by atoms with Gasteiger partial charge in [0.2, 0.25) is 0 Å². The first-order chi connectivity index (χ1) is 14.5. The van der Waals surface area contributed by atoms with Gasteiger partial charge in [0.1, 0.15) is 10.7 Å². The minimum atomic E-state index is -0.392. The molecule has 1 unspecified atom stereocenters. The number of hydrogen-bond donors (Lipinski definition) is 2. The Kier molecular flexibility index (Phi) is 6.18. The van der Waals surface area contributed by atoms with Crippen LogP contribution in [0, 0.1) is 13.8 Å². The van der Waals surface area contributed by atoms with Gasteiger partial charge in [-0.25, -0.2) is 4.98 Å². The number of aryl methyl sites for hydroxylation is 2. The Morgan fingerprint density at radius 2 is 2.17 bits per heavy atom. The van der Waals surface area contributed by atoms with Gasteiger partial charge in [0, 0.05) is 23.5 Å². The molecule has 0 bridgehead atoms. The van der Waals surface area contributed by atoms with Crippen LogP contribution in [0.15, 0.2) is 41.0 Å². The van der Waals surface area contributed by atoms with Crippen molar-refractivity contribution in [2.45, 2.75) is 58.2 Å². The third kappa shape index (κ3) is 4.56. The number of nitrogens with one attached hydrogen (secondary N) is 1. The van der Waals surface area contributed by atoms with Crippen LogP contribution in [0.5, 0.6) is 0 Å². The number of aliphatic hydroxyl groups is 1. The van der Waals surface area contributed by atoms with Crippen LogP contribution >= 0.6 is 11.3 Å². The first-order valence-corrected chi connectivity index (χ1v) is 11.4. The van der Waals surface area contributed by atoms with Gasteiger partial charge in [-0.15, -0.1) is 17.9 Å². The number of fused-ring (bicyclic) bond motifs is 1. The predicted octanol–water partition coefficient (Wildman–Crippen LogP) is 4.56. The van der Waals surface area contributed by atoms with Gasteiger partial charge in [0.25, 0.3) is 5.56 Å². The molecule has 5 nitrogen and oxygen atoms in total. The molecule has 3 aromatic rings. The van der Waals surface area contributed by atoms with E-state index in [1.807, 2.05) is 11.5 Å². The molecular formula is C24H29N3O2S.